The van der Waals surface area contributed by atoms with E-state index in [9.17, 15) is 4.79 Å². The highest BCUT2D eigenvalue weighted by molar-refractivity contribution is 5.87. The molecule has 1 aromatic carbocycles. The zero-order valence-corrected chi connectivity index (χ0v) is 9.43. The first-order valence-electron chi connectivity index (χ1n) is 5.19. The lowest BCUT2D eigenvalue weighted by molar-refractivity contribution is -0.139. The molecule has 0 amide bonds. The zero-order chi connectivity index (χ0) is 12.1. The monoisotopic (exact) mass is 225 g/mol. The number of carbonyl (C=O) groups is 1. The van der Waals surface area contributed by atoms with E-state index in [0.29, 0.717) is 0 Å². The molecular weight excluding hydrogens is 214 g/mol. The quantitative estimate of drug-likeness (QED) is 0.551. The van der Waals surface area contributed by atoms with Gasteiger partial charge < -0.3 is 4.74 Å². The van der Waals surface area contributed by atoms with Gasteiger partial charge in [0, 0.05) is 28.7 Å². The molecule has 0 bridgehead atoms. The van der Waals surface area contributed by atoms with Crippen LogP contribution < -0.4 is 0 Å². The van der Waals surface area contributed by atoms with Gasteiger partial charge in [0.05, 0.1) is 7.11 Å². The van der Waals surface area contributed by atoms with E-state index in [1.165, 1.54) is 7.11 Å². The molecule has 0 saturated heterocycles. The third kappa shape index (κ3) is 2.61. The van der Waals surface area contributed by atoms with Crippen LogP contribution in [0.1, 0.15) is 12.0 Å². The van der Waals surface area contributed by atoms with Crippen molar-refractivity contribution in [3.63, 3.8) is 0 Å². The summed E-state index contributed by atoms with van der Waals surface area (Å²) in [5.41, 5.74) is 0.897. The molecule has 0 fully saturated rings. The van der Waals surface area contributed by atoms with Gasteiger partial charge in [0.2, 0.25) is 0 Å². The first-order chi connectivity index (χ1) is 8.31. The molecule has 3 nitrogen and oxygen atoms in total. The minimum absolute atomic E-state index is 0.109. The Morgan fingerprint density at radius 2 is 2.29 bits per heavy atom. The molecule has 84 valence electrons. The van der Waals surface area contributed by atoms with Crippen LogP contribution in [0.4, 0.5) is 0 Å². The molecule has 0 aliphatic rings. The number of carbonyl (C=O) groups excluding carboxylic acids is 1. The van der Waals surface area contributed by atoms with E-state index in [2.05, 4.69) is 21.6 Å². The molecule has 0 atom stereocenters. The van der Waals surface area contributed by atoms with Crippen LogP contribution in [0, 0.1) is 11.8 Å². The number of fused-ring (bicyclic) bond motifs is 1. The van der Waals surface area contributed by atoms with Crippen molar-refractivity contribution in [1.29, 1.82) is 0 Å². The number of ether oxygens (including phenoxy) is 1. The van der Waals surface area contributed by atoms with E-state index < -0.39 is 0 Å². The Morgan fingerprint density at radius 1 is 1.41 bits per heavy atom. The predicted octanol–water partition coefficient (Wildman–Crippen LogP) is 2.15. The summed E-state index contributed by atoms with van der Waals surface area (Å²) >= 11 is 0. The minimum Gasteiger partial charge on any atom is -0.468 e. The number of aromatic nitrogens is 1. The molecule has 3 heteroatoms. The largest absolute Gasteiger partial charge is 0.468 e. The Bertz CT molecular complexity index is 603. The molecule has 0 unspecified atom stereocenters. The lowest BCUT2D eigenvalue weighted by Gasteiger charge is -1.98. The highest BCUT2D eigenvalue weighted by Crippen LogP contribution is 2.16. The average molecular weight is 225 g/mol. The van der Waals surface area contributed by atoms with Crippen molar-refractivity contribution in [3.8, 4) is 11.8 Å². The number of esters is 1. The fourth-order valence-electron chi connectivity index (χ4n) is 1.52. The van der Waals surface area contributed by atoms with E-state index in [4.69, 9.17) is 0 Å². The van der Waals surface area contributed by atoms with Crippen molar-refractivity contribution < 1.29 is 9.53 Å². The van der Waals surface area contributed by atoms with Gasteiger partial charge in [0.1, 0.15) is 6.42 Å². The van der Waals surface area contributed by atoms with E-state index in [0.717, 1.165) is 16.3 Å². The summed E-state index contributed by atoms with van der Waals surface area (Å²) in [6.07, 6.45) is 3.63. The van der Waals surface area contributed by atoms with E-state index in [1.54, 1.807) is 12.4 Å². The van der Waals surface area contributed by atoms with E-state index in [1.807, 2.05) is 24.3 Å². The number of methoxy groups -OCH3 is 1. The minimum atomic E-state index is -0.320. The second-order valence-corrected chi connectivity index (χ2v) is 3.46. The highest BCUT2D eigenvalue weighted by Gasteiger charge is 1.98. The first-order valence-corrected chi connectivity index (χ1v) is 5.19. The molecule has 0 aliphatic carbocycles. The second kappa shape index (κ2) is 5.13. The topological polar surface area (TPSA) is 39.2 Å². The van der Waals surface area contributed by atoms with Crippen molar-refractivity contribution in [3.05, 3.63) is 42.2 Å². The van der Waals surface area contributed by atoms with Gasteiger partial charge in [-0.2, -0.15) is 0 Å². The van der Waals surface area contributed by atoms with Crippen molar-refractivity contribution >= 4 is 16.7 Å². The number of nitrogens with zero attached hydrogens (tertiary/aromatic N) is 1. The molecule has 0 spiro atoms. The fourth-order valence-corrected chi connectivity index (χ4v) is 1.52. The molecule has 2 rings (SSSR count). The van der Waals surface area contributed by atoms with Gasteiger partial charge in [0.15, 0.2) is 0 Å². The Kier molecular flexibility index (Phi) is 3.37. The summed E-state index contributed by atoms with van der Waals surface area (Å²) in [5, 5.41) is 2.08. The van der Waals surface area contributed by atoms with Crippen molar-refractivity contribution in [2.24, 2.45) is 0 Å². The Labute approximate surface area is 99.4 Å². The van der Waals surface area contributed by atoms with Crippen LogP contribution >= 0.6 is 0 Å². The fraction of sp³-hybridized carbons (Fsp3) is 0.143. The van der Waals surface area contributed by atoms with Crippen LogP contribution in [0.3, 0.4) is 0 Å². The van der Waals surface area contributed by atoms with E-state index >= 15 is 0 Å². The van der Waals surface area contributed by atoms with Gasteiger partial charge in [-0.3, -0.25) is 9.78 Å². The number of pyridine rings is 1. The standard InChI is InChI=1S/C14H11NO2/c1-17-14(16)7-3-5-11-4-2-6-12-10-15-9-8-13(11)12/h2,4,6,8-10H,7H2,1H3. The molecule has 0 saturated carbocycles. The summed E-state index contributed by atoms with van der Waals surface area (Å²) in [4.78, 5) is 15.0. The Balaban J connectivity index is 2.33. The second-order valence-electron chi connectivity index (χ2n) is 3.46. The van der Waals surface area contributed by atoms with Crippen LogP contribution in [0.2, 0.25) is 0 Å². The van der Waals surface area contributed by atoms with Crippen LogP contribution in [-0.2, 0) is 9.53 Å². The Hall–Kier alpha value is -2.34. The summed E-state index contributed by atoms with van der Waals surface area (Å²) in [7, 11) is 1.35. The maximum atomic E-state index is 10.9. The van der Waals surface area contributed by atoms with Crippen LogP contribution in [0.25, 0.3) is 10.8 Å². The molecule has 0 aliphatic heterocycles. The third-order valence-electron chi connectivity index (χ3n) is 2.36. The summed E-state index contributed by atoms with van der Waals surface area (Å²) in [5.74, 6) is 5.45. The normalized spacial score (nSPS) is 9.47. The third-order valence-corrected chi connectivity index (χ3v) is 2.36. The molecule has 0 N–H and O–H groups in total. The lowest BCUT2D eigenvalue weighted by atomic mass is 10.1. The van der Waals surface area contributed by atoms with Crippen LogP contribution in [0.15, 0.2) is 36.7 Å². The van der Waals surface area contributed by atoms with Crippen molar-refractivity contribution in [1.82, 2.24) is 4.98 Å². The summed E-state index contributed by atoms with van der Waals surface area (Å²) in [6.45, 7) is 0. The van der Waals surface area contributed by atoms with Crippen molar-refractivity contribution in [2.75, 3.05) is 7.11 Å². The molecule has 0 radical (unpaired) electrons. The average Bonchev–Trinajstić information content (AvgIpc) is 2.39. The molecule has 17 heavy (non-hydrogen) atoms. The van der Waals surface area contributed by atoms with Crippen LogP contribution in [-0.4, -0.2) is 18.1 Å². The maximum Gasteiger partial charge on any atom is 0.317 e. The van der Waals surface area contributed by atoms with Gasteiger partial charge in [-0.15, -0.1) is 0 Å². The van der Waals surface area contributed by atoms with Gasteiger partial charge in [-0.05, 0) is 12.1 Å². The van der Waals surface area contributed by atoms with Gasteiger partial charge in [-0.25, -0.2) is 0 Å². The maximum absolute atomic E-state index is 10.9. The SMILES string of the molecule is COC(=O)CC#Cc1cccc2cnccc12. The van der Waals surface area contributed by atoms with Gasteiger partial charge in [0.25, 0.3) is 0 Å². The molecular formula is C14H11NO2. The van der Waals surface area contributed by atoms with Crippen LogP contribution in [0.5, 0.6) is 0 Å². The zero-order valence-electron chi connectivity index (χ0n) is 9.43. The number of benzene rings is 1. The first kappa shape index (κ1) is 11.2. The smallest absolute Gasteiger partial charge is 0.317 e. The summed E-state index contributed by atoms with van der Waals surface area (Å²) in [6, 6.07) is 7.74. The van der Waals surface area contributed by atoms with Gasteiger partial charge >= 0.3 is 5.97 Å². The van der Waals surface area contributed by atoms with Gasteiger partial charge in [-0.1, -0.05) is 24.0 Å². The van der Waals surface area contributed by atoms with Crippen molar-refractivity contribution in [2.45, 2.75) is 6.42 Å². The highest BCUT2D eigenvalue weighted by atomic mass is 16.5. The predicted molar refractivity (Wildman–Crippen MR) is 65.3 cm³/mol. The lowest BCUT2D eigenvalue weighted by Crippen LogP contribution is -1.97. The number of rotatable bonds is 1. The van der Waals surface area contributed by atoms with E-state index in [-0.39, 0.29) is 12.4 Å². The number of hydrogen-bond donors (Lipinski definition) is 0. The Morgan fingerprint density at radius 3 is 3.12 bits per heavy atom. The number of hydrogen-bond acceptors (Lipinski definition) is 3. The molecule has 2 aromatic rings. The molecule has 1 heterocycles. The summed E-state index contributed by atoms with van der Waals surface area (Å²) < 4.78 is 4.52. The molecule has 1 aromatic heterocycles.